The van der Waals surface area contributed by atoms with Crippen LogP contribution < -0.4 is 5.56 Å². The number of aromatic amines is 1. The SMILES string of the molecule is Cc1cccc(-c2nc(-c3cnn(C)c3)cc(=O)[nH]2)c1. The van der Waals surface area contributed by atoms with Crippen molar-refractivity contribution in [3.05, 3.63) is 58.6 Å². The van der Waals surface area contributed by atoms with E-state index in [0.717, 1.165) is 16.7 Å². The molecule has 2 aromatic heterocycles. The Morgan fingerprint density at radius 2 is 2.05 bits per heavy atom. The summed E-state index contributed by atoms with van der Waals surface area (Å²) in [6.07, 6.45) is 3.53. The lowest BCUT2D eigenvalue weighted by Crippen LogP contribution is -2.08. The molecule has 1 aromatic carbocycles. The van der Waals surface area contributed by atoms with E-state index in [1.165, 1.54) is 6.07 Å². The van der Waals surface area contributed by atoms with Crippen LogP contribution in [0.4, 0.5) is 0 Å². The predicted molar refractivity (Wildman–Crippen MR) is 77.2 cm³/mol. The summed E-state index contributed by atoms with van der Waals surface area (Å²) in [7, 11) is 1.83. The van der Waals surface area contributed by atoms with Gasteiger partial charge in [0.15, 0.2) is 0 Å². The highest BCUT2D eigenvalue weighted by molar-refractivity contribution is 5.62. The number of nitrogens with zero attached hydrogens (tertiary/aromatic N) is 3. The molecule has 2 heterocycles. The zero-order chi connectivity index (χ0) is 14.1. The predicted octanol–water partition coefficient (Wildman–Crippen LogP) is 2.15. The first-order valence-corrected chi connectivity index (χ1v) is 6.29. The minimum Gasteiger partial charge on any atom is -0.306 e. The smallest absolute Gasteiger partial charge is 0.251 e. The zero-order valence-corrected chi connectivity index (χ0v) is 11.3. The van der Waals surface area contributed by atoms with Crippen LogP contribution >= 0.6 is 0 Å². The van der Waals surface area contributed by atoms with E-state index in [1.54, 1.807) is 10.9 Å². The first-order valence-electron chi connectivity index (χ1n) is 6.29. The van der Waals surface area contributed by atoms with E-state index in [-0.39, 0.29) is 5.56 Å². The average Bonchev–Trinajstić information content (AvgIpc) is 2.85. The van der Waals surface area contributed by atoms with Crippen LogP contribution in [0.2, 0.25) is 0 Å². The standard InChI is InChI=1S/C15H14N4O/c1-10-4-3-5-11(6-10)15-17-13(7-14(20)18-15)12-8-16-19(2)9-12/h3-9H,1-2H3,(H,17,18,20). The fourth-order valence-electron chi connectivity index (χ4n) is 2.09. The number of benzene rings is 1. The van der Waals surface area contributed by atoms with Crippen LogP contribution in [0.5, 0.6) is 0 Å². The van der Waals surface area contributed by atoms with E-state index in [1.807, 2.05) is 44.4 Å². The third kappa shape index (κ3) is 2.38. The molecule has 5 nitrogen and oxygen atoms in total. The van der Waals surface area contributed by atoms with Crippen LogP contribution in [0, 0.1) is 6.92 Å². The van der Waals surface area contributed by atoms with Gasteiger partial charge >= 0.3 is 0 Å². The highest BCUT2D eigenvalue weighted by atomic mass is 16.1. The van der Waals surface area contributed by atoms with Gasteiger partial charge in [0.25, 0.3) is 5.56 Å². The molecule has 0 fully saturated rings. The summed E-state index contributed by atoms with van der Waals surface area (Å²) in [6, 6.07) is 9.36. The normalized spacial score (nSPS) is 10.7. The van der Waals surface area contributed by atoms with Gasteiger partial charge in [0.05, 0.1) is 11.9 Å². The molecular formula is C15H14N4O. The monoisotopic (exact) mass is 266 g/mol. The lowest BCUT2D eigenvalue weighted by molar-refractivity contribution is 0.768. The number of hydrogen-bond donors (Lipinski definition) is 1. The fraction of sp³-hybridized carbons (Fsp3) is 0.133. The Labute approximate surface area is 115 Å². The van der Waals surface area contributed by atoms with Gasteiger partial charge in [-0.05, 0) is 13.0 Å². The van der Waals surface area contributed by atoms with Gasteiger partial charge in [0.2, 0.25) is 0 Å². The van der Waals surface area contributed by atoms with Crippen LogP contribution in [0.3, 0.4) is 0 Å². The first kappa shape index (κ1) is 12.3. The van der Waals surface area contributed by atoms with Gasteiger partial charge in [-0.3, -0.25) is 9.48 Å². The van der Waals surface area contributed by atoms with E-state index < -0.39 is 0 Å². The molecular weight excluding hydrogens is 252 g/mol. The summed E-state index contributed by atoms with van der Waals surface area (Å²) < 4.78 is 1.69. The molecule has 100 valence electrons. The second kappa shape index (κ2) is 4.77. The Morgan fingerprint density at radius 3 is 2.75 bits per heavy atom. The topological polar surface area (TPSA) is 63.6 Å². The van der Waals surface area contributed by atoms with Gasteiger partial charge in [-0.1, -0.05) is 23.8 Å². The van der Waals surface area contributed by atoms with Crippen LogP contribution in [0.1, 0.15) is 5.56 Å². The number of H-pyrrole nitrogens is 1. The third-order valence-electron chi connectivity index (χ3n) is 3.03. The van der Waals surface area contributed by atoms with E-state index in [0.29, 0.717) is 11.5 Å². The molecule has 0 saturated heterocycles. The highest BCUT2D eigenvalue weighted by Gasteiger charge is 2.07. The van der Waals surface area contributed by atoms with Crippen LogP contribution in [-0.2, 0) is 7.05 Å². The zero-order valence-electron chi connectivity index (χ0n) is 11.3. The number of hydrogen-bond acceptors (Lipinski definition) is 3. The number of rotatable bonds is 2. The Bertz CT molecular complexity index is 816. The van der Waals surface area contributed by atoms with E-state index in [9.17, 15) is 4.79 Å². The molecule has 0 atom stereocenters. The average molecular weight is 266 g/mol. The summed E-state index contributed by atoms with van der Waals surface area (Å²) in [5, 5.41) is 4.10. The fourth-order valence-corrected chi connectivity index (χ4v) is 2.09. The maximum Gasteiger partial charge on any atom is 0.251 e. The van der Waals surface area contributed by atoms with Crippen molar-refractivity contribution in [2.24, 2.45) is 7.05 Å². The van der Waals surface area contributed by atoms with Gasteiger partial charge in [-0.15, -0.1) is 0 Å². The molecule has 0 amide bonds. The maximum atomic E-state index is 11.8. The molecule has 0 bridgehead atoms. The Morgan fingerprint density at radius 1 is 1.20 bits per heavy atom. The minimum absolute atomic E-state index is 0.171. The lowest BCUT2D eigenvalue weighted by Gasteiger charge is -2.04. The van der Waals surface area contributed by atoms with Crippen molar-refractivity contribution in [3.63, 3.8) is 0 Å². The van der Waals surface area contributed by atoms with Crippen molar-refractivity contribution >= 4 is 0 Å². The molecule has 0 saturated carbocycles. The Kier molecular flexibility index (Phi) is 2.95. The first-order chi connectivity index (χ1) is 9.61. The third-order valence-corrected chi connectivity index (χ3v) is 3.03. The van der Waals surface area contributed by atoms with Gasteiger partial charge in [-0.2, -0.15) is 5.10 Å². The van der Waals surface area contributed by atoms with E-state index in [4.69, 9.17) is 0 Å². The largest absolute Gasteiger partial charge is 0.306 e. The van der Waals surface area contributed by atoms with Crippen LogP contribution in [0.25, 0.3) is 22.6 Å². The van der Waals surface area contributed by atoms with E-state index in [2.05, 4.69) is 15.1 Å². The van der Waals surface area contributed by atoms with Crippen molar-refractivity contribution in [3.8, 4) is 22.6 Å². The summed E-state index contributed by atoms with van der Waals surface area (Å²) >= 11 is 0. The van der Waals surface area contributed by atoms with Crippen molar-refractivity contribution < 1.29 is 0 Å². The Balaban J connectivity index is 2.14. The molecule has 0 aliphatic carbocycles. The molecule has 0 aliphatic rings. The number of aromatic nitrogens is 4. The van der Waals surface area contributed by atoms with Gasteiger partial charge in [-0.25, -0.2) is 4.98 Å². The van der Waals surface area contributed by atoms with Crippen molar-refractivity contribution in [1.29, 1.82) is 0 Å². The molecule has 3 aromatic rings. The second-order valence-electron chi connectivity index (χ2n) is 4.75. The van der Waals surface area contributed by atoms with E-state index >= 15 is 0 Å². The molecule has 0 unspecified atom stereocenters. The van der Waals surface area contributed by atoms with Crippen LogP contribution in [-0.4, -0.2) is 19.7 Å². The molecule has 0 radical (unpaired) electrons. The number of nitrogens with one attached hydrogen (secondary N) is 1. The minimum atomic E-state index is -0.171. The summed E-state index contributed by atoms with van der Waals surface area (Å²) in [5.41, 5.74) is 3.30. The highest BCUT2D eigenvalue weighted by Crippen LogP contribution is 2.19. The molecule has 0 spiro atoms. The van der Waals surface area contributed by atoms with Gasteiger partial charge in [0, 0.05) is 30.4 Å². The molecule has 3 rings (SSSR count). The lowest BCUT2D eigenvalue weighted by atomic mass is 10.1. The molecule has 0 aliphatic heterocycles. The summed E-state index contributed by atoms with van der Waals surface area (Å²) in [6.45, 7) is 2.01. The number of aryl methyl sites for hydroxylation is 2. The molecule has 20 heavy (non-hydrogen) atoms. The maximum absolute atomic E-state index is 11.8. The Hall–Kier alpha value is -2.69. The second-order valence-corrected chi connectivity index (χ2v) is 4.75. The van der Waals surface area contributed by atoms with Gasteiger partial charge in [0.1, 0.15) is 5.82 Å². The van der Waals surface area contributed by atoms with Gasteiger partial charge < -0.3 is 4.98 Å². The van der Waals surface area contributed by atoms with Crippen molar-refractivity contribution in [2.45, 2.75) is 6.92 Å². The summed E-state index contributed by atoms with van der Waals surface area (Å²) in [5.74, 6) is 0.569. The van der Waals surface area contributed by atoms with Crippen LogP contribution in [0.15, 0.2) is 47.5 Å². The molecule has 1 N–H and O–H groups in total. The summed E-state index contributed by atoms with van der Waals surface area (Å²) in [4.78, 5) is 19.1. The van der Waals surface area contributed by atoms with Crippen molar-refractivity contribution in [2.75, 3.05) is 0 Å². The quantitative estimate of drug-likeness (QED) is 0.773. The molecule has 5 heteroatoms. The van der Waals surface area contributed by atoms with Crippen molar-refractivity contribution in [1.82, 2.24) is 19.7 Å².